The number of piperidine rings is 1. The minimum atomic E-state index is -4.37. The Morgan fingerprint density at radius 3 is 2.47 bits per heavy atom. The molecule has 0 radical (unpaired) electrons. The summed E-state index contributed by atoms with van der Waals surface area (Å²) in [4.78, 5) is 18.1. The fourth-order valence-electron chi connectivity index (χ4n) is 5.83. The molecule has 5 rings (SSSR count). The van der Waals surface area contributed by atoms with E-state index in [4.69, 9.17) is 15.2 Å². The molecule has 4 N–H and O–H groups in total. The number of fused-ring (bicyclic) bond motifs is 1. The van der Waals surface area contributed by atoms with Gasteiger partial charge < -0.3 is 25.8 Å². The second kappa shape index (κ2) is 14.9. The van der Waals surface area contributed by atoms with Gasteiger partial charge in [-0.05, 0) is 92.6 Å². The van der Waals surface area contributed by atoms with Crippen molar-refractivity contribution in [3.05, 3.63) is 84.1 Å². The Kier molecular flexibility index (Phi) is 10.9. The Balaban J connectivity index is 1.42. The summed E-state index contributed by atoms with van der Waals surface area (Å²) in [5, 5.41) is 7.73. The van der Waals surface area contributed by atoms with Crippen LogP contribution in [0.1, 0.15) is 50.8 Å². The lowest BCUT2D eigenvalue weighted by Gasteiger charge is -2.32. The molecule has 4 aromatic rings. The summed E-state index contributed by atoms with van der Waals surface area (Å²) in [6.07, 6.45) is -3.51. The standard InChI is InChI=1S/C35H40F3N5O5S/c1-4-47-30-20-24(9-12-29(30)48-22(2)3)32(42-27-10-11-28-23(19-27)13-16-40-33(28)39)34(44)41-21-25-7-5-6-8-31(25)49(45,46)43-17-14-26(15-18-43)35(36,37)38/h5-13,16,19-20,22,26,32,42H,4,14-15,17-18,21H2,1-3H3,(H2,39,40)(H,41,44). The Morgan fingerprint density at radius 1 is 1.04 bits per heavy atom. The minimum absolute atomic E-state index is 0.0696. The van der Waals surface area contributed by atoms with Crippen LogP contribution < -0.4 is 25.8 Å². The zero-order valence-electron chi connectivity index (χ0n) is 27.5. The number of anilines is 2. The molecular formula is C35H40F3N5O5S. The molecular weight excluding hydrogens is 659 g/mol. The number of nitrogens with one attached hydrogen (secondary N) is 2. The summed E-state index contributed by atoms with van der Waals surface area (Å²) in [6.45, 7) is 5.35. The van der Waals surface area contributed by atoms with Crippen molar-refractivity contribution in [2.75, 3.05) is 30.7 Å². The maximum absolute atomic E-state index is 14.0. The second-order valence-electron chi connectivity index (χ2n) is 12.1. The first-order valence-electron chi connectivity index (χ1n) is 16.0. The number of nitrogens with zero attached hydrogens (tertiary/aromatic N) is 2. The Bertz CT molecular complexity index is 1900. The smallest absolute Gasteiger partial charge is 0.391 e. The van der Waals surface area contributed by atoms with Crippen LogP contribution in [-0.2, 0) is 21.4 Å². The molecule has 1 aliphatic heterocycles. The number of carbonyl (C=O) groups excluding carboxylic acids is 1. The molecule has 1 saturated heterocycles. The fourth-order valence-corrected chi connectivity index (χ4v) is 7.52. The quantitative estimate of drug-likeness (QED) is 0.154. The number of pyridine rings is 1. The molecule has 1 aromatic heterocycles. The van der Waals surface area contributed by atoms with E-state index in [2.05, 4.69) is 15.6 Å². The van der Waals surface area contributed by atoms with Crippen molar-refractivity contribution >= 4 is 38.2 Å². The van der Waals surface area contributed by atoms with Gasteiger partial charge in [0.05, 0.1) is 23.5 Å². The molecule has 2 heterocycles. The molecule has 49 heavy (non-hydrogen) atoms. The summed E-state index contributed by atoms with van der Waals surface area (Å²) in [5.74, 6) is -0.654. The third-order valence-electron chi connectivity index (χ3n) is 8.29. The van der Waals surface area contributed by atoms with Crippen molar-refractivity contribution in [2.45, 2.75) is 63.4 Å². The SMILES string of the molecule is CCOc1cc(C(Nc2ccc3c(N)nccc3c2)C(=O)NCc2ccccc2S(=O)(=O)N2CCC(C(F)(F)F)CC2)ccc1OC(C)C. The summed E-state index contributed by atoms with van der Waals surface area (Å²) in [7, 11) is -4.13. The first-order chi connectivity index (χ1) is 23.3. The van der Waals surface area contributed by atoms with Crippen LogP contribution in [0.2, 0.25) is 0 Å². The van der Waals surface area contributed by atoms with Gasteiger partial charge in [0.25, 0.3) is 0 Å². The monoisotopic (exact) mass is 699 g/mol. The topological polar surface area (TPSA) is 136 Å². The lowest BCUT2D eigenvalue weighted by atomic mass is 9.98. The number of halogens is 3. The van der Waals surface area contributed by atoms with E-state index >= 15 is 0 Å². The van der Waals surface area contributed by atoms with Crippen molar-refractivity contribution in [1.29, 1.82) is 0 Å². The zero-order valence-corrected chi connectivity index (χ0v) is 28.3. The predicted molar refractivity (Wildman–Crippen MR) is 182 cm³/mol. The van der Waals surface area contributed by atoms with Gasteiger partial charge in [-0.1, -0.05) is 24.3 Å². The van der Waals surface area contributed by atoms with Crippen LogP contribution in [0.4, 0.5) is 24.7 Å². The maximum atomic E-state index is 14.0. The van der Waals surface area contributed by atoms with E-state index in [-0.39, 0.29) is 43.5 Å². The van der Waals surface area contributed by atoms with Crippen LogP contribution >= 0.6 is 0 Å². The average molecular weight is 700 g/mol. The van der Waals surface area contributed by atoms with Crippen molar-refractivity contribution in [3.8, 4) is 11.5 Å². The van der Waals surface area contributed by atoms with E-state index in [1.54, 1.807) is 60.8 Å². The molecule has 1 aliphatic rings. The highest BCUT2D eigenvalue weighted by atomic mass is 32.2. The first kappa shape index (κ1) is 35.7. The van der Waals surface area contributed by atoms with Crippen molar-refractivity contribution in [3.63, 3.8) is 0 Å². The number of rotatable bonds is 12. The lowest BCUT2D eigenvalue weighted by Crippen LogP contribution is -2.42. The Hall–Kier alpha value is -4.56. The number of amides is 1. The first-order valence-corrected chi connectivity index (χ1v) is 17.5. The van der Waals surface area contributed by atoms with E-state index in [0.29, 0.717) is 40.7 Å². The minimum Gasteiger partial charge on any atom is -0.490 e. The van der Waals surface area contributed by atoms with Crippen molar-refractivity contribution < 1.29 is 35.9 Å². The number of nitrogen functional groups attached to an aromatic ring is 1. The number of ether oxygens (including phenoxy) is 2. The molecule has 14 heteroatoms. The number of benzene rings is 3. The third-order valence-corrected chi connectivity index (χ3v) is 10.3. The lowest BCUT2D eigenvalue weighted by molar-refractivity contribution is -0.182. The molecule has 0 spiro atoms. The van der Waals surface area contributed by atoms with Gasteiger partial charge in [-0.25, -0.2) is 13.4 Å². The van der Waals surface area contributed by atoms with Gasteiger partial charge in [-0.3, -0.25) is 4.79 Å². The average Bonchev–Trinajstić information content (AvgIpc) is 3.06. The summed E-state index contributed by atoms with van der Waals surface area (Å²) < 4.78 is 79.8. The number of hydrogen-bond donors (Lipinski definition) is 3. The molecule has 1 amide bonds. The van der Waals surface area contributed by atoms with Gasteiger partial charge in [0.2, 0.25) is 15.9 Å². The summed E-state index contributed by atoms with van der Waals surface area (Å²) >= 11 is 0. The number of carbonyl (C=O) groups is 1. The van der Waals surface area contributed by atoms with Crippen molar-refractivity contribution in [1.82, 2.24) is 14.6 Å². The largest absolute Gasteiger partial charge is 0.490 e. The van der Waals surface area contributed by atoms with Gasteiger partial charge >= 0.3 is 6.18 Å². The van der Waals surface area contributed by atoms with Gasteiger partial charge in [0.15, 0.2) is 11.5 Å². The van der Waals surface area contributed by atoms with Crippen LogP contribution in [0, 0.1) is 5.92 Å². The third kappa shape index (κ3) is 8.36. The molecule has 1 atom stereocenters. The fraction of sp³-hybridized carbons (Fsp3) is 0.371. The van der Waals surface area contributed by atoms with Gasteiger partial charge in [0.1, 0.15) is 11.9 Å². The van der Waals surface area contributed by atoms with Crippen LogP contribution in [0.3, 0.4) is 0 Å². The number of aromatic nitrogens is 1. The second-order valence-corrected chi connectivity index (χ2v) is 14.0. The van der Waals surface area contributed by atoms with Crippen LogP contribution in [0.5, 0.6) is 11.5 Å². The van der Waals surface area contributed by atoms with E-state index in [9.17, 15) is 26.4 Å². The highest BCUT2D eigenvalue weighted by Gasteiger charge is 2.43. The van der Waals surface area contributed by atoms with E-state index in [1.807, 2.05) is 26.8 Å². The normalized spacial score (nSPS) is 15.2. The van der Waals surface area contributed by atoms with E-state index in [1.165, 1.54) is 6.07 Å². The van der Waals surface area contributed by atoms with Gasteiger partial charge in [-0.15, -0.1) is 0 Å². The van der Waals surface area contributed by atoms with E-state index < -0.39 is 34.1 Å². The molecule has 1 fully saturated rings. The molecule has 262 valence electrons. The maximum Gasteiger partial charge on any atom is 0.391 e. The molecule has 0 aliphatic carbocycles. The van der Waals surface area contributed by atoms with Crippen LogP contribution in [0.25, 0.3) is 10.8 Å². The highest BCUT2D eigenvalue weighted by Crippen LogP contribution is 2.36. The molecule has 0 saturated carbocycles. The molecule has 1 unspecified atom stereocenters. The summed E-state index contributed by atoms with van der Waals surface area (Å²) in [6, 6.07) is 17.7. The molecule has 0 bridgehead atoms. The van der Waals surface area contributed by atoms with Crippen LogP contribution in [0.15, 0.2) is 77.8 Å². The predicted octanol–water partition coefficient (Wildman–Crippen LogP) is 6.44. The number of sulfonamides is 1. The van der Waals surface area contributed by atoms with Crippen molar-refractivity contribution in [2.24, 2.45) is 5.92 Å². The van der Waals surface area contributed by atoms with Gasteiger partial charge in [0, 0.05) is 36.9 Å². The van der Waals surface area contributed by atoms with Crippen LogP contribution in [-0.4, -0.2) is 55.6 Å². The number of nitrogens with two attached hydrogens (primary N) is 1. The Labute approximate surface area is 283 Å². The number of hydrogen-bond acceptors (Lipinski definition) is 8. The zero-order chi connectivity index (χ0) is 35.3. The highest BCUT2D eigenvalue weighted by molar-refractivity contribution is 7.89. The van der Waals surface area contributed by atoms with Gasteiger partial charge in [-0.2, -0.15) is 17.5 Å². The summed E-state index contributed by atoms with van der Waals surface area (Å²) in [5.41, 5.74) is 7.51. The molecule has 3 aromatic carbocycles. The number of alkyl halides is 3. The molecule has 10 nitrogen and oxygen atoms in total. The Morgan fingerprint density at radius 2 is 1.78 bits per heavy atom. The van der Waals surface area contributed by atoms with E-state index in [0.717, 1.165) is 15.1 Å².